The van der Waals surface area contributed by atoms with Crippen molar-refractivity contribution in [2.75, 3.05) is 33.9 Å². The largest absolute Gasteiger partial charge is 0.472 e. The van der Waals surface area contributed by atoms with E-state index in [4.69, 9.17) is 9.15 Å². The molecular weight excluding hydrogens is 204 g/mol. The molecule has 1 aromatic heterocycles. The summed E-state index contributed by atoms with van der Waals surface area (Å²) in [7, 11) is 4.14. The van der Waals surface area contributed by atoms with Crippen LogP contribution >= 0.6 is 0 Å². The predicted molar refractivity (Wildman–Crippen MR) is 62.2 cm³/mol. The number of likely N-dealkylation sites (N-methyl/N-ethyl adjacent to an activating group) is 1. The first kappa shape index (κ1) is 11.6. The van der Waals surface area contributed by atoms with E-state index in [0.717, 1.165) is 26.3 Å². The van der Waals surface area contributed by atoms with Crippen LogP contribution in [0.15, 0.2) is 23.0 Å². The van der Waals surface area contributed by atoms with Crippen LogP contribution in [-0.4, -0.2) is 44.8 Å². The standard InChI is InChI=1S/C12H20N2O2/c1-13-12-9-16-8-11(12)6-14(2)5-10-3-4-15-7-10/h3-4,7,11-13H,5-6,8-9H2,1-2H3. The molecule has 2 unspecified atom stereocenters. The van der Waals surface area contributed by atoms with E-state index >= 15 is 0 Å². The van der Waals surface area contributed by atoms with Crippen LogP contribution in [0, 0.1) is 5.92 Å². The first-order chi connectivity index (χ1) is 7.79. The fourth-order valence-electron chi connectivity index (χ4n) is 2.26. The third-order valence-electron chi connectivity index (χ3n) is 3.15. The fourth-order valence-corrected chi connectivity index (χ4v) is 2.26. The minimum absolute atomic E-state index is 0.492. The molecule has 0 aliphatic carbocycles. The summed E-state index contributed by atoms with van der Waals surface area (Å²) < 4.78 is 10.6. The highest BCUT2D eigenvalue weighted by molar-refractivity contribution is 5.04. The van der Waals surface area contributed by atoms with Gasteiger partial charge in [-0.15, -0.1) is 0 Å². The van der Waals surface area contributed by atoms with Crippen molar-refractivity contribution in [2.45, 2.75) is 12.6 Å². The highest BCUT2D eigenvalue weighted by Crippen LogP contribution is 2.15. The van der Waals surface area contributed by atoms with Gasteiger partial charge in [-0.05, 0) is 20.2 Å². The number of hydrogen-bond donors (Lipinski definition) is 1. The van der Waals surface area contributed by atoms with Gasteiger partial charge < -0.3 is 19.4 Å². The summed E-state index contributed by atoms with van der Waals surface area (Å²) in [5, 5.41) is 3.31. The quantitative estimate of drug-likeness (QED) is 0.808. The molecule has 0 spiro atoms. The second-order valence-electron chi connectivity index (χ2n) is 4.52. The Hall–Kier alpha value is -0.840. The monoisotopic (exact) mass is 224 g/mol. The van der Waals surface area contributed by atoms with Gasteiger partial charge in [0.25, 0.3) is 0 Å². The summed E-state index contributed by atoms with van der Waals surface area (Å²) in [5.41, 5.74) is 1.22. The van der Waals surface area contributed by atoms with Crippen LogP contribution in [0.25, 0.3) is 0 Å². The third-order valence-corrected chi connectivity index (χ3v) is 3.15. The molecule has 0 radical (unpaired) electrons. The Morgan fingerprint density at radius 1 is 1.50 bits per heavy atom. The number of furan rings is 1. The number of nitrogens with one attached hydrogen (secondary N) is 1. The van der Waals surface area contributed by atoms with Crippen molar-refractivity contribution in [1.29, 1.82) is 0 Å². The maximum atomic E-state index is 5.49. The van der Waals surface area contributed by atoms with Crippen LogP contribution in [0.4, 0.5) is 0 Å². The molecule has 0 amide bonds. The molecule has 90 valence electrons. The average molecular weight is 224 g/mol. The Bertz CT molecular complexity index is 300. The molecule has 16 heavy (non-hydrogen) atoms. The summed E-state index contributed by atoms with van der Waals surface area (Å²) in [6.45, 7) is 3.68. The molecule has 1 N–H and O–H groups in total. The van der Waals surface area contributed by atoms with Crippen molar-refractivity contribution in [1.82, 2.24) is 10.2 Å². The normalized spacial score (nSPS) is 25.4. The van der Waals surface area contributed by atoms with Crippen molar-refractivity contribution in [2.24, 2.45) is 5.92 Å². The number of rotatable bonds is 5. The topological polar surface area (TPSA) is 37.6 Å². The zero-order chi connectivity index (χ0) is 11.4. The molecule has 0 aromatic carbocycles. The summed E-state index contributed by atoms with van der Waals surface area (Å²) in [4.78, 5) is 2.31. The van der Waals surface area contributed by atoms with Gasteiger partial charge in [-0.3, -0.25) is 0 Å². The summed E-state index contributed by atoms with van der Waals surface area (Å²) in [6.07, 6.45) is 3.52. The van der Waals surface area contributed by atoms with Crippen molar-refractivity contribution >= 4 is 0 Å². The van der Waals surface area contributed by atoms with E-state index in [9.17, 15) is 0 Å². The minimum Gasteiger partial charge on any atom is -0.472 e. The van der Waals surface area contributed by atoms with Gasteiger partial charge in [0.2, 0.25) is 0 Å². The van der Waals surface area contributed by atoms with Crippen molar-refractivity contribution in [3.8, 4) is 0 Å². The Morgan fingerprint density at radius 3 is 3.06 bits per heavy atom. The number of hydrogen-bond acceptors (Lipinski definition) is 4. The molecule has 2 heterocycles. The van der Waals surface area contributed by atoms with Crippen LogP contribution < -0.4 is 5.32 Å². The first-order valence-corrected chi connectivity index (χ1v) is 5.74. The lowest BCUT2D eigenvalue weighted by atomic mass is 10.0. The van der Waals surface area contributed by atoms with E-state index in [1.165, 1.54) is 5.56 Å². The predicted octanol–water partition coefficient (Wildman–Crippen LogP) is 0.946. The van der Waals surface area contributed by atoms with E-state index in [2.05, 4.69) is 17.3 Å². The van der Waals surface area contributed by atoms with Crippen LogP contribution in [-0.2, 0) is 11.3 Å². The molecule has 1 saturated heterocycles. The van der Waals surface area contributed by atoms with Gasteiger partial charge in [-0.25, -0.2) is 0 Å². The van der Waals surface area contributed by atoms with E-state index in [-0.39, 0.29) is 0 Å². The summed E-state index contributed by atoms with van der Waals surface area (Å²) in [5.74, 6) is 0.585. The van der Waals surface area contributed by atoms with E-state index in [1.807, 2.05) is 13.1 Å². The molecule has 4 nitrogen and oxygen atoms in total. The van der Waals surface area contributed by atoms with Gasteiger partial charge >= 0.3 is 0 Å². The van der Waals surface area contributed by atoms with E-state index in [0.29, 0.717) is 12.0 Å². The Balaban J connectivity index is 1.80. The highest BCUT2D eigenvalue weighted by atomic mass is 16.5. The Morgan fingerprint density at radius 2 is 2.38 bits per heavy atom. The minimum atomic E-state index is 0.492. The van der Waals surface area contributed by atoms with Gasteiger partial charge in [0, 0.05) is 30.6 Å². The zero-order valence-corrected chi connectivity index (χ0v) is 9.98. The number of nitrogens with zero attached hydrogens (tertiary/aromatic N) is 1. The number of ether oxygens (including phenoxy) is 1. The summed E-state index contributed by atoms with van der Waals surface area (Å²) >= 11 is 0. The molecule has 4 heteroatoms. The second-order valence-corrected chi connectivity index (χ2v) is 4.52. The molecule has 2 atom stereocenters. The van der Waals surface area contributed by atoms with E-state index in [1.54, 1.807) is 12.5 Å². The molecule has 0 bridgehead atoms. The fraction of sp³-hybridized carbons (Fsp3) is 0.667. The third kappa shape index (κ3) is 2.84. The van der Waals surface area contributed by atoms with Crippen molar-refractivity contribution in [3.05, 3.63) is 24.2 Å². The van der Waals surface area contributed by atoms with Crippen molar-refractivity contribution < 1.29 is 9.15 Å². The lowest BCUT2D eigenvalue weighted by molar-refractivity contribution is 0.172. The zero-order valence-electron chi connectivity index (χ0n) is 9.98. The van der Waals surface area contributed by atoms with Gasteiger partial charge in [0.1, 0.15) is 0 Å². The lowest BCUT2D eigenvalue weighted by Gasteiger charge is -2.23. The average Bonchev–Trinajstić information content (AvgIpc) is 2.88. The van der Waals surface area contributed by atoms with Gasteiger partial charge in [0.05, 0.1) is 25.7 Å². The van der Waals surface area contributed by atoms with Gasteiger partial charge in [-0.2, -0.15) is 0 Å². The highest BCUT2D eigenvalue weighted by Gasteiger charge is 2.27. The van der Waals surface area contributed by atoms with Crippen LogP contribution in [0.2, 0.25) is 0 Å². The smallest absolute Gasteiger partial charge is 0.0947 e. The first-order valence-electron chi connectivity index (χ1n) is 5.74. The van der Waals surface area contributed by atoms with Crippen molar-refractivity contribution in [3.63, 3.8) is 0 Å². The molecule has 1 aliphatic heterocycles. The SMILES string of the molecule is CNC1COCC1CN(C)Cc1ccoc1. The second kappa shape index (κ2) is 5.48. The van der Waals surface area contributed by atoms with Crippen LogP contribution in [0.1, 0.15) is 5.56 Å². The summed E-state index contributed by atoms with van der Waals surface area (Å²) in [6, 6.07) is 2.50. The molecule has 1 fully saturated rings. The Labute approximate surface area is 96.6 Å². The molecule has 1 aromatic rings. The van der Waals surface area contributed by atoms with Crippen LogP contribution in [0.3, 0.4) is 0 Å². The van der Waals surface area contributed by atoms with E-state index < -0.39 is 0 Å². The maximum Gasteiger partial charge on any atom is 0.0947 e. The molecule has 1 aliphatic rings. The van der Waals surface area contributed by atoms with Gasteiger partial charge in [-0.1, -0.05) is 0 Å². The molecule has 2 rings (SSSR count). The van der Waals surface area contributed by atoms with Gasteiger partial charge in [0.15, 0.2) is 0 Å². The molecular formula is C12H20N2O2. The van der Waals surface area contributed by atoms with Crippen LogP contribution in [0.5, 0.6) is 0 Å². The molecule has 0 saturated carbocycles. The lowest BCUT2D eigenvalue weighted by Crippen LogP contribution is -2.38. The Kier molecular flexibility index (Phi) is 3.98. The maximum absolute atomic E-state index is 5.49.